The maximum atomic E-state index is 5.36. The Morgan fingerprint density at radius 2 is 1.67 bits per heavy atom. The summed E-state index contributed by atoms with van der Waals surface area (Å²) >= 11 is 0. The molecular weight excluding hydrogens is 254 g/mol. The molecule has 2 aromatic carbocycles. The van der Waals surface area contributed by atoms with Crippen molar-refractivity contribution in [1.82, 2.24) is 5.32 Å². The Morgan fingerprint density at radius 3 is 2.33 bits per heavy atom. The van der Waals surface area contributed by atoms with Crippen LogP contribution in [0.25, 0.3) is 6.08 Å². The molecule has 1 N–H and O–H groups in total. The first-order valence-electron chi connectivity index (χ1n) is 7.33. The summed E-state index contributed by atoms with van der Waals surface area (Å²) in [4.78, 5) is 0. The van der Waals surface area contributed by atoms with E-state index in [0.717, 1.165) is 12.8 Å². The van der Waals surface area contributed by atoms with Crippen LogP contribution < -0.4 is 5.32 Å². The van der Waals surface area contributed by atoms with Gasteiger partial charge in [0.05, 0.1) is 6.54 Å². The molecule has 0 aliphatic heterocycles. The molecule has 0 saturated heterocycles. The van der Waals surface area contributed by atoms with Crippen LogP contribution in [0.2, 0.25) is 0 Å². The number of benzene rings is 2. The average Bonchev–Trinajstić information content (AvgIpc) is 2.56. The fraction of sp³-hybridized carbons (Fsp3) is 0.200. The minimum absolute atomic E-state index is 0.308. The molecule has 0 aliphatic rings. The Labute approximate surface area is 127 Å². The van der Waals surface area contributed by atoms with E-state index in [2.05, 4.69) is 71.9 Å². The second-order valence-corrected chi connectivity index (χ2v) is 4.94. The molecule has 0 radical (unpaired) electrons. The van der Waals surface area contributed by atoms with Crippen LogP contribution in [-0.2, 0) is 0 Å². The third kappa shape index (κ3) is 5.30. The molecule has 0 spiro atoms. The van der Waals surface area contributed by atoms with Gasteiger partial charge in [-0.1, -0.05) is 78.7 Å². The number of terminal acetylenes is 1. The predicted octanol–water partition coefficient (Wildman–Crippen LogP) is 4.44. The summed E-state index contributed by atoms with van der Waals surface area (Å²) in [7, 11) is 0. The second-order valence-electron chi connectivity index (χ2n) is 4.94. The van der Waals surface area contributed by atoms with Crippen molar-refractivity contribution >= 4 is 6.08 Å². The summed E-state index contributed by atoms with van der Waals surface area (Å²) in [6.45, 7) is 0.599. The van der Waals surface area contributed by atoms with Gasteiger partial charge in [-0.05, 0) is 24.0 Å². The molecule has 1 nitrogen and oxygen atoms in total. The topological polar surface area (TPSA) is 12.0 Å². The SMILES string of the molecule is C#CCNC(CC/C=C/c1ccccc1)c1ccccc1. The van der Waals surface area contributed by atoms with Crippen LogP contribution in [0.4, 0.5) is 0 Å². The smallest absolute Gasteiger partial charge is 0.0578 e. The van der Waals surface area contributed by atoms with E-state index in [9.17, 15) is 0 Å². The first-order valence-corrected chi connectivity index (χ1v) is 7.33. The molecule has 106 valence electrons. The number of hydrogen-bond acceptors (Lipinski definition) is 1. The summed E-state index contributed by atoms with van der Waals surface area (Å²) in [6, 6.07) is 21.2. The quantitative estimate of drug-likeness (QED) is 0.736. The van der Waals surface area contributed by atoms with Crippen molar-refractivity contribution in [2.24, 2.45) is 0 Å². The van der Waals surface area contributed by atoms with Gasteiger partial charge in [0.15, 0.2) is 0 Å². The van der Waals surface area contributed by atoms with Crippen LogP contribution in [0.15, 0.2) is 66.7 Å². The second kappa shape index (κ2) is 8.79. The summed E-state index contributed by atoms with van der Waals surface area (Å²) in [5.41, 5.74) is 2.53. The Morgan fingerprint density at radius 1 is 1.00 bits per heavy atom. The highest BCUT2D eigenvalue weighted by molar-refractivity contribution is 5.48. The lowest BCUT2D eigenvalue weighted by Crippen LogP contribution is -2.21. The number of allylic oxidation sites excluding steroid dienone is 1. The lowest BCUT2D eigenvalue weighted by atomic mass is 10.0. The van der Waals surface area contributed by atoms with Crippen LogP contribution in [0.1, 0.15) is 30.0 Å². The minimum atomic E-state index is 0.308. The van der Waals surface area contributed by atoms with E-state index in [1.807, 2.05) is 12.1 Å². The Kier molecular flexibility index (Phi) is 6.32. The molecule has 1 unspecified atom stereocenters. The van der Waals surface area contributed by atoms with Gasteiger partial charge in [0, 0.05) is 6.04 Å². The van der Waals surface area contributed by atoms with Crippen molar-refractivity contribution in [2.75, 3.05) is 6.54 Å². The largest absolute Gasteiger partial charge is 0.299 e. The van der Waals surface area contributed by atoms with Crippen molar-refractivity contribution < 1.29 is 0 Å². The third-order valence-electron chi connectivity index (χ3n) is 3.38. The van der Waals surface area contributed by atoms with Crippen molar-refractivity contribution in [1.29, 1.82) is 0 Å². The highest BCUT2D eigenvalue weighted by Gasteiger charge is 2.08. The summed E-state index contributed by atoms with van der Waals surface area (Å²) in [5, 5.41) is 3.41. The van der Waals surface area contributed by atoms with Crippen LogP contribution in [0.3, 0.4) is 0 Å². The minimum Gasteiger partial charge on any atom is -0.299 e. The van der Waals surface area contributed by atoms with Gasteiger partial charge < -0.3 is 0 Å². The van der Waals surface area contributed by atoms with Gasteiger partial charge in [-0.15, -0.1) is 6.42 Å². The molecule has 0 fully saturated rings. The highest BCUT2D eigenvalue weighted by atomic mass is 14.9. The molecule has 0 heterocycles. The van der Waals surface area contributed by atoms with Gasteiger partial charge in [-0.25, -0.2) is 0 Å². The van der Waals surface area contributed by atoms with Gasteiger partial charge in [-0.3, -0.25) is 5.32 Å². The van der Waals surface area contributed by atoms with Gasteiger partial charge in [-0.2, -0.15) is 0 Å². The van der Waals surface area contributed by atoms with Crippen molar-refractivity contribution in [3.05, 3.63) is 77.9 Å². The molecule has 1 atom stereocenters. The van der Waals surface area contributed by atoms with Gasteiger partial charge in [0.1, 0.15) is 0 Å². The standard InChI is InChI=1S/C20H21N/c1-2-17-21-20(19-14-7-4-8-15-19)16-10-9-13-18-11-5-3-6-12-18/h1,3-9,11-15,20-21H,10,16-17H2/b13-9+. The summed E-state index contributed by atoms with van der Waals surface area (Å²) in [5.74, 6) is 2.66. The fourth-order valence-corrected chi connectivity index (χ4v) is 2.30. The third-order valence-corrected chi connectivity index (χ3v) is 3.38. The van der Waals surface area contributed by atoms with E-state index in [-0.39, 0.29) is 0 Å². The van der Waals surface area contributed by atoms with Crippen LogP contribution >= 0.6 is 0 Å². The van der Waals surface area contributed by atoms with Gasteiger partial charge in [0.2, 0.25) is 0 Å². The Hall–Kier alpha value is -2.30. The molecule has 2 aromatic rings. The highest BCUT2D eigenvalue weighted by Crippen LogP contribution is 2.18. The number of rotatable bonds is 7. The van der Waals surface area contributed by atoms with Crippen LogP contribution in [0.5, 0.6) is 0 Å². The zero-order chi connectivity index (χ0) is 14.8. The van der Waals surface area contributed by atoms with E-state index in [4.69, 9.17) is 6.42 Å². The lowest BCUT2D eigenvalue weighted by Gasteiger charge is -2.17. The van der Waals surface area contributed by atoms with Crippen LogP contribution in [0, 0.1) is 12.3 Å². The first kappa shape index (κ1) is 15.1. The molecule has 0 aliphatic carbocycles. The summed E-state index contributed by atoms with van der Waals surface area (Å²) in [6.07, 6.45) is 11.8. The first-order chi connectivity index (χ1) is 10.4. The summed E-state index contributed by atoms with van der Waals surface area (Å²) < 4.78 is 0. The number of hydrogen-bond donors (Lipinski definition) is 1. The zero-order valence-electron chi connectivity index (χ0n) is 12.2. The van der Waals surface area contributed by atoms with Gasteiger partial charge in [0.25, 0.3) is 0 Å². The molecular formula is C20H21N. The lowest BCUT2D eigenvalue weighted by molar-refractivity contribution is 0.536. The van der Waals surface area contributed by atoms with E-state index in [1.54, 1.807) is 0 Å². The maximum absolute atomic E-state index is 5.36. The molecule has 0 saturated carbocycles. The predicted molar refractivity (Wildman–Crippen MR) is 90.7 cm³/mol. The van der Waals surface area contributed by atoms with Crippen molar-refractivity contribution in [3.8, 4) is 12.3 Å². The monoisotopic (exact) mass is 275 g/mol. The van der Waals surface area contributed by atoms with E-state index in [1.165, 1.54) is 11.1 Å². The normalized spacial score (nSPS) is 12.1. The molecule has 0 amide bonds. The van der Waals surface area contributed by atoms with E-state index in [0.29, 0.717) is 12.6 Å². The van der Waals surface area contributed by atoms with E-state index < -0.39 is 0 Å². The Balaban J connectivity index is 1.90. The fourth-order valence-electron chi connectivity index (χ4n) is 2.30. The molecule has 1 heteroatoms. The number of nitrogens with one attached hydrogen (secondary N) is 1. The average molecular weight is 275 g/mol. The molecule has 2 rings (SSSR count). The van der Waals surface area contributed by atoms with Crippen LogP contribution in [-0.4, -0.2) is 6.54 Å². The zero-order valence-corrected chi connectivity index (χ0v) is 12.2. The van der Waals surface area contributed by atoms with Crippen molar-refractivity contribution in [2.45, 2.75) is 18.9 Å². The Bertz CT molecular complexity index is 578. The molecule has 0 aromatic heterocycles. The molecule has 0 bridgehead atoms. The maximum Gasteiger partial charge on any atom is 0.0578 e. The van der Waals surface area contributed by atoms with Crippen molar-refractivity contribution in [3.63, 3.8) is 0 Å². The van der Waals surface area contributed by atoms with Gasteiger partial charge >= 0.3 is 0 Å². The van der Waals surface area contributed by atoms with E-state index >= 15 is 0 Å². The molecule has 21 heavy (non-hydrogen) atoms.